The van der Waals surface area contributed by atoms with E-state index in [2.05, 4.69) is 4.65 Å². The zero-order valence-electron chi connectivity index (χ0n) is 8.42. The molecule has 0 unspecified atom stereocenters. The van der Waals surface area contributed by atoms with Crippen LogP contribution in [0.1, 0.15) is 12.8 Å². The molecule has 7 heteroatoms. The molecule has 0 spiro atoms. The minimum absolute atomic E-state index is 0.163. The SMILES string of the molecule is CO[B]C(=O)[C@@H]1CC[C@@H]2CN1C(=O)N2O. The van der Waals surface area contributed by atoms with Crippen LogP contribution < -0.4 is 0 Å². The molecule has 2 heterocycles. The Hall–Kier alpha value is -1.08. The van der Waals surface area contributed by atoms with Crippen molar-refractivity contribution in [1.82, 2.24) is 9.96 Å². The molecule has 1 radical (unpaired) electrons. The number of carbonyl (C=O) groups is 2. The molecule has 0 aromatic carbocycles. The molecule has 0 aromatic rings. The van der Waals surface area contributed by atoms with Gasteiger partial charge in [0.25, 0.3) is 0 Å². The van der Waals surface area contributed by atoms with Gasteiger partial charge in [-0.05, 0) is 12.8 Å². The van der Waals surface area contributed by atoms with Crippen LogP contribution in [0.4, 0.5) is 4.79 Å². The number of hydrogen-bond donors (Lipinski definition) is 1. The normalized spacial score (nSPS) is 29.6. The molecule has 6 nitrogen and oxygen atoms in total. The number of nitrogens with zero attached hydrogens (tertiary/aromatic N) is 2. The molecule has 15 heavy (non-hydrogen) atoms. The number of urea groups is 1. The van der Waals surface area contributed by atoms with Gasteiger partial charge in [0.2, 0.25) is 0 Å². The van der Waals surface area contributed by atoms with Crippen LogP contribution in [0.5, 0.6) is 0 Å². The quantitative estimate of drug-likeness (QED) is 0.501. The van der Waals surface area contributed by atoms with Gasteiger partial charge in [-0.15, -0.1) is 0 Å². The van der Waals surface area contributed by atoms with Crippen LogP contribution in [0.3, 0.4) is 0 Å². The standard InChI is InChI=1S/C8H12BN2O4/c1-15-9-7(12)6-3-2-5-4-10(6)8(13)11(5)14/h5-6,14H,2-4H2,1H3/t5-,6+/m1/s1. The maximum Gasteiger partial charge on any atom is 0.378 e. The van der Waals surface area contributed by atoms with Crippen LogP contribution >= 0.6 is 0 Å². The zero-order valence-corrected chi connectivity index (χ0v) is 8.42. The number of rotatable bonds is 3. The maximum absolute atomic E-state index is 11.6. The summed E-state index contributed by atoms with van der Waals surface area (Å²) in [7, 11) is 2.51. The summed E-state index contributed by atoms with van der Waals surface area (Å²) in [5.41, 5.74) is -0.223. The van der Waals surface area contributed by atoms with E-state index in [0.717, 1.165) is 12.5 Å². The van der Waals surface area contributed by atoms with Crippen molar-refractivity contribution in [1.29, 1.82) is 0 Å². The van der Waals surface area contributed by atoms with Gasteiger partial charge >= 0.3 is 13.5 Å². The van der Waals surface area contributed by atoms with Crippen molar-refractivity contribution < 1.29 is 19.5 Å². The fraction of sp³-hybridized carbons (Fsp3) is 0.750. The summed E-state index contributed by atoms with van der Waals surface area (Å²) in [6, 6.07) is -1.13. The maximum atomic E-state index is 11.6. The Balaban J connectivity index is 2.10. The van der Waals surface area contributed by atoms with E-state index in [1.165, 1.54) is 12.0 Å². The fourth-order valence-corrected chi connectivity index (χ4v) is 2.14. The molecule has 81 valence electrons. The van der Waals surface area contributed by atoms with E-state index in [9.17, 15) is 14.8 Å². The molecular formula is C8H12BN2O4. The smallest absolute Gasteiger partial charge is 0.378 e. The number of carbonyl (C=O) groups excluding carboxylic acids is 2. The van der Waals surface area contributed by atoms with E-state index < -0.39 is 12.1 Å². The lowest BCUT2D eigenvalue weighted by Gasteiger charge is -2.28. The Labute approximate surface area is 88.0 Å². The Morgan fingerprint density at radius 3 is 3.00 bits per heavy atom. The highest BCUT2D eigenvalue weighted by atomic mass is 16.5. The van der Waals surface area contributed by atoms with Gasteiger partial charge in [0, 0.05) is 13.7 Å². The van der Waals surface area contributed by atoms with Crippen LogP contribution in [0.25, 0.3) is 0 Å². The highest BCUT2D eigenvalue weighted by molar-refractivity contribution is 6.70. The summed E-state index contributed by atoms with van der Waals surface area (Å²) in [5, 5.41) is 10.1. The molecular weight excluding hydrogens is 199 g/mol. The summed E-state index contributed by atoms with van der Waals surface area (Å²) < 4.78 is 4.64. The van der Waals surface area contributed by atoms with E-state index in [1.807, 2.05) is 0 Å². The Morgan fingerprint density at radius 2 is 2.33 bits per heavy atom. The van der Waals surface area contributed by atoms with Crippen molar-refractivity contribution in [2.45, 2.75) is 24.9 Å². The topological polar surface area (TPSA) is 70.1 Å². The average molecular weight is 211 g/mol. The molecule has 2 saturated heterocycles. The lowest BCUT2D eigenvalue weighted by atomic mass is 9.82. The van der Waals surface area contributed by atoms with Crippen molar-refractivity contribution in [2.24, 2.45) is 0 Å². The predicted molar refractivity (Wildman–Crippen MR) is 50.3 cm³/mol. The van der Waals surface area contributed by atoms with Gasteiger partial charge in [0.1, 0.15) is 5.68 Å². The van der Waals surface area contributed by atoms with Crippen LogP contribution in [-0.2, 0) is 9.45 Å². The zero-order chi connectivity index (χ0) is 11.0. The molecule has 0 aliphatic carbocycles. The third kappa shape index (κ3) is 1.61. The monoisotopic (exact) mass is 211 g/mol. The van der Waals surface area contributed by atoms with Gasteiger partial charge in [-0.1, -0.05) is 0 Å². The van der Waals surface area contributed by atoms with Crippen molar-refractivity contribution in [3.63, 3.8) is 0 Å². The van der Waals surface area contributed by atoms with Crippen molar-refractivity contribution >= 4 is 19.2 Å². The van der Waals surface area contributed by atoms with Gasteiger partial charge < -0.3 is 14.3 Å². The highest BCUT2D eigenvalue weighted by Crippen LogP contribution is 2.28. The summed E-state index contributed by atoms with van der Waals surface area (Å²) in [6.07, 6.45) is 1.22. The van der Waals surface area contributed by atoms with Gasteiger partial charge in [-0.25, -0.2) is 9.86 Å². The Kier molecular flexibility index (Phi) is 2.66. The number of hydrogen-bond acceptors (Lipinski definition) is 4. The van der Waals surface area contributed by atoms with Crippen molar-refractivity contribution in [3.8, 4) is 0 Å². The lowest BCUT2D eigenvalue weighted by molar-refractivity contribution is -0.117. The van der Waals surface area contributed by atoms with Gasteiger partial charge in [-0.2, -0.15) is 0 Å². The van der Waals surface area contributed by atoms with Crippen LogP contribution in [0, 0.1) is 0 Å². The summed E-state index contributed by atoms with van der Waals surface area (Å²) in [6.45, 7) is 0.420. The van der Waals surface area contributed by atoms with Gasteiger partial charge in [0.15, 0.2) is 0 Å². The summed E-state index contributed by atoms with van der Waals surface area (Å²) >= 11 is 0. The number of piperidine rings is 1. The van der Waals surface area contributed by atoms with E-state index in [1.54, 1.807) is 0 Å². The molecule has 2 aliphatic rings. The predicted octanol–water partition coefficient (Wildman–Crippen LogP) is -0.564. The van der Waals surface area contributed by atoms with Gasteiger partial charge in [0.05, 0.1) is 12.1 Å². The molecule has 2 amide bonds. The van der Waals surface area contributed by atoms with Crippen molar-refractivity contribution in [3.05, 3.63) is 0 Å². The molecule has 2 bridgehead atoms. The number of hydroxylamine groups is 2. The van der Waals surface area contributed by atoms with Crippen LogP contribution in [0.15, 0.2) is 0 Å². The molecule has 2 aliphatic heterocycles. The summed E-state index contributed by atoms with van der Waals surface area (Å²) in [5.74, 6) is 0. The van der Waals surface area contributed by atoms with Gasteiger partial charge in [-0.3, -0.25) is 5.21 Å². The highest BCUT2D eigenvalue weighted by Gasteiger charge is 2.46. The van der Waals surface area contributed by atoms with E-state index in [0.29, 0.717) is 19.4 Å². The first-order valence-corrected chi connectivity index (χ1v) is 4.83. The molecule has 1 N–H and O–H groups in total. The molecule has 2 fully saturated rings. The second-order valence-corrected chi connectivity index (χ2v) is 3.78. The fourth-order valence-electron chi connectivity index (χ4n) is 2.14. The largest absolute Gasteiger partial charge is 0.434 e. The number of amides is 2. The second-order valence-electron chi connectivity index (χ2n) is 3.78. The van der Waals surface area contributed by atoms with Crippen LogP contribution in [0.2, 0.25) is 0 Å². The Morgan fingerprint density at radius 1 is 1.60 bits per heavy atom. The first-order chi connectivity index (χ1) is 7.15. The summed E-state index contributed by atoms with van der Waals surface area (Å²) in [4.78, 5) is 24.5. The first-order valence-electron chi connectivity index (χ1n) is 4.83. The Bertz CT molecular complexity index is 298. The average Bonchev–Trinajstić information content (AvgIpc) is 2.45. The molecule has 0 saturated carbocycles. The first kappa shape index (κ1) is 10.4. The third-order valence-electron chi connectivity index (χ3n) is 2.91. The minimum atomic E-state index is -0.486. The van der Waals surface area contributed by atoms with E-state index in [-0.39, 0.29) is 11.7 Å². The minimum Gasteiger partial charge on any atom is -0.434 e. The number of fused-ring (bicyclic) bond motifs is 2. The molecule has 2 rings (SSSR count). The van der Waals surface area contributed by atoms with E-state index in [4.69, 9.17) is 0 Å². The van der Waals surface area contributed by atoms with E-state index >= 15 is 0 Å². The second kappa shape index (κ2) is 3.82. The van der Waals surface area contributed by atoms with Crippen LogP contribution in [-0.4, -0.2) is 60.1 Å². The third-order valence-corrected chi connectivity index (χ3v) is 2.91. The lowest BCUT2D eigenvalue weighted by Crippen LogP contribution is -2.47. The molecule has 2 atom stereocenters. The molecule has 0 aromatic heterocycles. The van der Waals surface area contributed by atoms with Crippen molar-refractivity contribution in [2.75, 3.05) is 13.7 Å².